The average molecular weight is 413 g/mol. The summed E-state index contributed by atoms with van der Waals surface area (Å²) in [4.78, 5) is 3.90. The maximum Gasteiger partial charge on any atom is 0.138 e. The molecular weight excluding hydrogens is 397 g/mol. The fourth-order valence-corrected chi connectivity index (χ4v) is 2.93. The number of ether oxygens (including phenoxy) is 1. The summed E-state index contributed by atoms with van der Waals surface area (Å²) < 4.78 is 7.28. The molecule has 26 heavy (non-hydrogen) atoms. The van der Waals surface area contributed by atoms with Crippen LogP contribution in [0.4, 0.5) is 5.69 Å². The number of nitrogens with zero attached hydrogens (tertiary/aromatic N) is 4. The van der Waals surface area contributed by atoms with E-state index in [9.17, 15) is 0 Å². The van der Waals surface area contributed by atoms with Gasteiger partial charge in [0.25, 0.3) is 0 Å². The molecular formula is C17H16Cl3N5O. The van der Waals surface area contributed by atoms with Gasteiger partial charge in [-0.3, -0.25) is 0 Å². The monoisotopic (exact) mass is 411 g/mol. The van der Waals surface area contributed by atoms with Gasteiger partial charge in [-0.25, -0.2) is 9.67 Å². The second kappa shape index (κ2) is 8.12. The number of anilines is 1. The molecule has 136 valence electrons. The third-order valence-electron chi connectivity index (χ3n) is 3.32. The molecule has 1 N–H and O–H groups in total. The second-order valence-corrected chi connectivity index (χ2v) is 6.97. The Morgan fingerprint density at radius 2 is 1.85 bits per heavy atom. The Hall–Kier alpha value is -2.02. The maximum absolute atomic E-state index is 6.27. The van der Waals surface area contributed by atoms with Crippen molar-refractivity contribution in [3.8, 4) is 11.4 Å². The van der Waals surface area contributed by atoms with Crippen LogP contribution in [0.25, 0.3) is 5.69 Å². The summed E-state index contributed by atoms with van der Waals surface area (Å²) in [7, 11) is 0. The van der Waals surface area contributed by atoms with Crippen molar-refractivity contribution in [2.75, 3.05) is 5.32 Å². The average Bonchev–Trinajstić information content (AvgIpc) is 3.02. The van der Waals surface area contributed by atoms with Gasteiger partial charge in [0.05, 0.1) is 29.6 Å². The summed E-state index contributed by atoms with van der Waals surface area (Å²) in [5.41, 5.74) is 2.29. The van der Waals surface area contributed by atoms with E-state index < -0.39 is 0 Å². The lowest BCUT2D eigenvalue weighted by Crippen LogP contribution is -2.06. The first kappa shape index (κ1) is 18.8. The molecule has 0 atom stereocenters. The predicted molar refractivity (Wildman–Crippen MR) is 104 cm³/mol. The Labute approximate surface area is 166 Å². The van der Waals surface area contributed by atoms with Gasteiger partial charge < -0.3 is 10.1 Å². The van der Waals surface area contributed by atoms with Crippen LogP contribution in [0.2, 0.25) is 15.3 Å². The predicted octanol–water partition coefficient (Wildman–Crippen LogP) is 5.02. The molecule has 0 aliphatic carbocycles. The van der Waals surface area contributed by atoms with Crippen molar-refractivity contribution in [1.29, 1.82) is 0 Å². The van der Waals surface area contributed by atoms with Gasteiger partial charge in [-0.2, -0.15) is 0 Å². The van der Waals surface area contributed by atoms with E-state index in [4.69, 9.17) is 39.5 Å². The maximum atomic E-state index is 6.27. The van der Waals surface area contributed by atoms with Crippen LogP contribution in [-0.2, 0) is 6.54 Å². The van der Waals surface area contributed by atoms with Gasteiger partial charge in [-0.15, -0.1) is 5.10 Å². The van der Waals surface area contributed by atoms with E-state index in [0.29, 0.717) is 27.6 Å². The molecule has 0 amide bonds. The SMILES string of the molecule is CC(C)Oc1ccc(-n2cc(CNc3cc(Cl)nc(Cl)c3)nn2)cc1Cl. The molecule has 0 aliphatic rings. The molecule has 0 fully saturated rings. The molecule has 0 saturated heterocycles. The highest BCUT2D eigenvalue weighted by Crippen LogP contribution is 2.27. The number of rotatable bonds is 6. The molecule has 3 aromatic rings. The number of halogens is 3. The van der Waals surface area contributed by atoms with Crippen LogP contribution in [0.5, 0.6) is 5.75 Å². The largest absolute Gasteiger partial charge is 0.489 e. The first-order valence-corrected chi connectivity index (χ1v) is 8.99. The fourth-order valence-electron chi connectivity index (χ4n) is 2.25. The van der Waals surface area contributed by atoms with Crippen LogP contribution < -0.4 is 10.1 Å². The van der Waals surface area contributed by atoms with Crippen LogP contribution >= 0.6 is 34.8 Å². The molecule has 1 aromatic carbocycles. The van der Waals surface area contributed by atoms with Gasteiger partial charge in [-0.05, 0) is 44.2 Å². The van der Waals surface area contributed by atoms with Crippen molar-refractivity contribution in [1.82, 2.24) is 20.0 Å². The second-order valence-electron chi connectivity index (χ2n) is 5.79. The smallest absolute Gasteiger partial charge is 0.138 e. The molecule has 2 aromatic heterocycles. The van der Waals surface area contributed by atoms with E-state index >= 15 is 0 Å². The molecule has 0 bridgehead atoms. The van der Waals surface area contributed by atoms with Crippen LogP contribution in [0.3, 0.4) is 0 Å². The van der Waals surface area contributed by atoms with E-state index in [1.165, 1.54) is 0 Å². The molecule has 0 spiro atoms. The number of aromatic nitrogens is 4. The fraction of sp³-hybridized carbons (Fsp3) is 0.235. The van der Waals surface area contributed by atoms with Crippen molar-refractivity contribution >= 4 is 40.5 Å². The van der Waals surface area contributed by atoms with Gasteiger partial charge in [0.1, 0.15) is 21.7 Å². The normalized spacial score (nSPS) is 11.0. The molecule has 0 unspecified atom stereocenters. The lowest BCUT2D eigenvalue weighted by Gasteiger charge is -2.12. The molecule has 3 rings (SSSR count). The summed E-state index contributed by atoms with van der Waals surface area (Å²) in [6, 6.07) is 8.85. The van der Waals surface area contributed by atoms with Gasteiger partial charge in [0, 0.05) is 5.69 Å². The third kappa shape index (κ3) is 4.78. The number of hydrogen-bond donors (Lipinski definition) is 1. The van der Waals surface area contributed by atoms with E-state index in [1.807, 2.05) is 32.2 Å². The Morgan fingerprint density at radius 1 is 1.12 bits per heavy atom. The van der Waals surface area contributed by atoms with E-state index in [0.717, 1.165) is 17.1 Å². The minimum Gasteiger partial charge on any atom is -0.489 e. The minimum absolute atomic E-state index is 0.0533. The van der Waals surface area contributed by atoms with Crippen LogP contribution in [-0.4, -0.2) is 26.1 Å². The van der Waals surface area contributed by atoms with Gasteiger partial charge >= 0.3 is 0 Å². The first-order chi connectivity index (χ1) is 12.4. The molecule has 0 aliphatic heterocycles. The van der Waals surface area contributed by atoms with Crippen molar-refractivity contribution in [2.24, 2.45) is 0 Å². The van der Waals surface area contributed by atoms with Crippen molar-refractivity contribution in [3.05, 3.63) is 57.6 Å². The van der Waals surface area contributed by atoms with Crippen LogP contribution in [0.1, 0.15) is 19.5 Å². The molecule has 0 radical (unpaired) electrons. The van der Waals surface area contributed by atoms with E-state index in [2.05, 4.69) is 20.6 Å². The summed E-state index contributed by atoms with van der Waals surface area (Å²) in [6.07, 6.45) is 1.86. The Balaban J connectivity index is 1.70. The first-order valence-electron chi connectivity index (χ1n) is 7.85. The van der Waals surface area contributed by atoms with Crippen LogP contribution in [0.15, 0.2) is 36.5 Å². The lowest BCUT2D eigenvalue weighted by atomic mass is 10.3. The Bertz CT molecular complexity index is 893. The summed E-state index contributed by atoms with van der Waals surface area (Å²) in [5.74, 6) is 0.638. The van der Waals surface area contributed by atoms with Crippen molar-refractivity contribution < 1.29 is 4.74 Å². The number of pyridine rings is 1. The van der Waals surface area contributed by atoms with Gasteiger partial charge in [0.15, 0.2) is 0 Å². The topological polar surface area (TPSA) is 64.9 Å². The summed E-state index contributed by atoms with van der Waals surface area (Å²) in [6.45, 7) is 4.35. The molecule has 0 saturated carbocycles. The van der Waals surface area contributed by atoms with Gasteiger partial charge in [-0.1, -0.05) is 40.0 Å². The third-order valence-corrected chi connectivity index (χ3v) is 4.00. The zero-order chi connectivity index (χ0) is 18.7. The quantitative estimate of drug-likeness (QED) is 0.576. The standard InChI is InChI=1S/C17H16Cl3N5O/c1-10(2)26-15-4-3-13(7-14(15)18)25-9-12(23-24-25)8-21-11-5-16(19)22-17(20)6-11/h3-7,9-10H,8H2,1-2H3,(H,21,22). The summed E-state index contributed by atoms with van der Waals surface area (Å²) in [5, 5.41) is 12.6. The van der Waals surface area contributed by atoms with E-state index in [-0.39, 0.29) is 6.10 Å². The van der Waals surface area contributed by atoms with E-state index in [1.54, 1.807) is 22.9 Å². The van der Waals surface area contributed by atoms with Crippen LogP contribution in [0, 0.1) is 0 Å². The highest BCUT2D eigenvalue weighted by atomic mass is 35.5. The zero-order valence-electron chi connectivity index (χ0n) is 14.1. The highest BCUT2D eigenvalue weighted by Gasteiger charge is 2.09. The molecule has 6 nitrogen and oxygen atoms in total. The highest BCUT2D eigenvalue weighted by molar-refractivity contribution is 6.33. The van der Waals surface area contributed by atoms with Crippen molar-refractivity contribution in [3.63, 3.8) is 0 Å². The lowest BCUT2D eigenvalue weighted by molar-refractivity contribution is 0.242. The number of hydrogen-bond acceptors (Lipinski definition) is 5. The Morgan fingerprint density at radius 3 is 2.50 bits per heavy atom. The number of nitrogens with one attached hydrogen (secondary N) is 1. The number of benzene rings is 1. The zero-order valence-corrected chi connectivity index (χ0v) is 16.3. The molecule has 9 heteroatoms. The molecule has 2 heterocycles. The Kier molecular flexibility index (Phi) is 5.86. The summed E-state index contributed by atoms with van der Waals surface area (Å²) >= 11 is 18.0. The van der Waals surface area contributed by atoms with Gasteiger partial charge in [0.2, 0.25) is 0 Å². The minimum atomic E-state index is 0.0533. The van der Waals surface area contributed by atoms with Crippen molar-refractivity contribution in [2.45, 2.75) is 26.5 Å².